The zero-order valence-corrected chi connectivity index (χ0v) is 9.81. The van der Waals surface area contributed by atoms with Crippen LogP contribution in [0.5, 0.6) is 5.75 Å². The molecular formula is C13H14N2O2. The van der Waals surface area contributed by atoms with Crippen molar-refractivity contribution in [3.8, 4) is 5.75 Å². The number of hydrogen-bond acceptors (Lipinski definition) is 4. The fraction of sp³-hybridized carbons (Fsp3) is 0.154. The van der Waals surface area contributed by atoms with Gasteiger partial charge in [0, 0.05) is 5.56 Å². The first kappa shape index (κ1) is 11.3. The van der Waals surface area contributed by atoms with Gasteiger partial charge in [-0.15, -0.1) is 0 Å². The van der Waals surface area contributed by atoms with Crippen LogP contribution in [-0.4, -0.2) is 12.3 Å². The van der Waals surface area contributed by atoms with Crippen molar-refractivity contribution in [2.75, 3.05) is 12.8 Å². The van der Waals surface area contributed by atoms with E-state index in [2.05, 4.69) is 5.16 Å². The number of rotatable bonds is 3. The van der Waals surface area contributed by atoms with E-state index < -0.39 is 0 Å². The number of benzene rings is 1. The van der Waals surface area contributed by atoms with Crippen LogP contribution >= 0.6 is 0 Å². The van der Waals surface area contributed by atoms with Crippen molar-refractivity contribution < 1.29 is 9.26 Å². The van der Waals surface area contributed by atoms with Crippen LogP contribution in [0.2, 0.25) is 0 Å². The fourth-order valence-electron chi connectivity index (χ4n) is 1.49. The molecule has 0 bridgehead atoms. The number of aryl methyl sites for hydroxylation is 1. The second-order valence-electron chi connectivity index (χ2n) is 3.61. The SMILES string of the molecule is COc1ccccc1/C=C/c1noc(C)c1N. The Bertz CT molecular complexity index is 544. The Morgan fingerprint density at radius 3 is 2.71 bits per heavy atom. The summed E-state index contributed by atoms with van der Waals surface area (Å²) in [7, 11) is 1.64. The van der Waals surface area contributed by atoms with Gasteiger partial charge in [-0.1, -0.05) is 23.4 Å². The Kier molecular flexibility index (Phi) is 3.14. The summed E-state index contributed by atoms with van der Waals surface area (Å²) in [6.45, 7) is 1.78. The second kappa shape index (κ2) is 4.74. The summed E-state index contributed by atoms with van der Waals surface area (Å²) in [5.74, 6) is 1.44. The molecular weight excluding hydrogens is 216 g/mol. The van der Waals surface area contributed by atoms with E-state index in [0.717, 1.165) is 11.3 Å². The lowest BCUT2D eigenvalue weighted by Crippen LogP contribution is -1.88. The van der Waals surface area contributed by atoms with Gasteiger partial charge in [0.2, 0.25) is 0 Å². The van der Waals surface area contributed by atoms with Crippen LogP contribution in [0.25, 0.3) is 12.2 Å². The molecule has 0 fully saturated rings. The summed E-state index contributed by atoms with van der Waals surface area (Å²) in [6.07, 6.45) is 3.70. The number of nitrogens with two attached hydrogens (primary N) is 1. The number of ether oxygens (including phenoxy) is 1. The van der Waals surface area contributed by atoms with E-state index in [9.17, 15) is 0 Å². The molecule has 0 unspecified atom stereocenters. The molecule has 2 aromatic rings. The van der Waals surface area contributed by atoms with Gasteiger partial charge in [-0.25, -0.2) is 0 Å². The summed E-state index contributed by atoms with van der Waals surface area (Å²) in [5, 5.41) is 3.86. The number of nitrogens with zero attached hydrogens (tertiary/aromatic N) is 1. The number of nitrogen functional groups attached to an aromatic ring is 1. The number of aromatic nitrogens is 1. The molecule has 4 nitrogen and oxygen atoms in total. The van der Waals surface area contributed by atoms with Gasteiger partial charge in [0.05, 0.1) is 7.11 Å². The largest absolute Gasteiger partial charge is 0.496 e. The third-order valence-electron chi connectivity index (χ3n) is 2.50. The molecule has 0 saturated carbocycles. The molecule has 0 aliphatic rings. The maximum atomic E-state index is 5.80. The van der Waals surface area contributed by atoms with Crippen LogP contribution in [0, 0.1) is 6.92 Å². The molecule has 4 heteroatoms. The monoisotopic (exact) mass is 230 g/mol. The topological polar surface area (TPSA) is 61.3 Å². The normalized spacial score (nSPS) is 10.9. The fourth-order valence-corrected chi connectivity index (χ4v) is 1.49. The van der Waals surface area contributed by atoms with Crippen molar-refractivity contribution in [3.05, 3.63) is 41.3 Å². The van der Waals surface area contributed by atoms with Crippen LogP contribution < -0.4 is 10.5 Å². The van der Waals surface area contributed by atoms with Crippen LogP contribution in [-0.2, 0) is 0 Å². The van der Waals surface area contributed by atoms with Crippen LogP contribution in [0.3, 0.4) is 0 Å². The first-order valence-corrected chi connectivity index (χ1v) is 5.25. The van der Waals surface area contributed by atoms with Crippen LogP contribution in [0.15, 0.2) is 28.8 Å². The predicted octanol–water partition coefficient (Wildman–Crippen LogP) is 2.74. The molecule has 2 rings (SSSR count). The molecule has 1 heterocycles. The summed E-state index contributed by atoms with van der Waals surface area (Å²) >= 11 is 0. The quantitative estimate of drug-likeness (QED) is 0.880. The summed E-state index contributed by atoms with van der Waals surface area (Å²) in [6, 6.07) is 7.72. The standard InChI is InChI=1S/C13H14N2O2/c1-9-13(14)11(15-17-9)8-7-10-5-3-4-6-12(10)16-2/h3-8H,14H2,1-2H3/b8-7+. The summed E-state index contributed by atoms with van der Waals surface area (Å²) in [4.78, 5) is 0. The van der Waals surface area contributed by atoms with Crippen LogP contribution in [0.1, 0.15) is 17.0 Å². The van der Waals surface area contributed by atoms with Crippen molar-refractivity contribution in [1.29, 1.82) is 0 Å². The molecule has 88 valence electrons. The Morgan fingerprint density at radius 2 is 2.06 bits per heavy atom. The lowest BCUT2D eigenvalue weighted by Gasteiger charge is -2.02. The number of methoxy groups -OCH3 is 1. The first-order valence-electron chi connectivity index (χ1n) is 5.25. The molecule has 17 heavy (non-hydrogen) atoms. The second-order valence-corrected chi connectivity index (χ2v) is 3.61. The minimum absolute atomic E-state index is 0.566. The van der Waals surface area contributed by atoms with Gasteiger partial charge in [-0.3, -0.25) is 0 Å². The summed E-state index contributed by atoms with van der Waals surface area (Å²) < 4.78 is 10.2. The molecule has 0 spiro atoms. The Labute approximate surface area is 99.7 Å². The van der Waals surface area contributed by atoms with E-state index in [1.807, 2.05) is 36.4 Å². The Morgan fingerprint density at radius 1 is 1.29 bits per heavy atom. The van der Waals surface area contributed by atoms with Gasteiger partial charge in [-0.2, -0.15) is 0 Å². The molecule has 0 aliphatic heterocycles. The molecule has 2 N–H and O–H groups in total. The van der Waals surface area contributed by atoms with E-state index in [0.29, 0.717) is 17.1 Å². The number of para-hydroxylation sites is 1. The van der Waals surface area contributed by atoms with E-state index in [1.54, 1.807) is 14.0 Å². The van der Waals surface area contributed by atoms with Crippen LogP contribution in [0.4, 0.5) is 5.69 Å². The highest BCUT2D eigenvalue weighted by Gasteiger charge is 2.05. The van der Waals surface area contributed by atoms with E-state index in [4.69, 9.17) is 15.0 Å². The number of anilines is 1. The molecule has 0 atom stereocenters. The van der Waals surface area contributed by atoms with E-state index in [-0.39, 0.29) is 0 Å². The summed E-state index contributed by atoms with van der Waals surface area (Å²) in [5.41, 5.74) is 7.96. The third kappa shape index (κ3) is 2.30. The van der Waals surface area contributed by atoms with Crippen molar-refractivity contribution in [3.63, 3.8) is 0 Å². The Balaban J connectivity index is 2.29. The maximum absolute atomic E-state index is 5.80. The average Bonchev–Trinajstić information content (AvgIpc) is 2.68. The molecule has 0 saturated heterocycles. The van der Waals surface area contributed by atoms with Crippen molar-refractivity contribution in [2.24, 2.45) is 0 Å². The minimum Gasteiger partial charge on any atom is -0.496 e. The zero-order valence-electron chi connectivity index (χ0n) is 9.81. The zero-order chi connectivity index (χ0) is 12.3. The lowest BCUT2D eigenvalue weighted by atomic mass is 10.1. The lowest BCUT2D eigenvalue weighted by molar-refractivity contribution is 0.396. The first-order chi connectivity index (χ1) is 8.22. The van der Waals surface area contributed by atoms with E-state index in [1.165, 1.54) is 0 Å². The van der Waals surface area contributed by atoms with E-state index >= 15 is 0 Å². The Hall–Kier alpha value is -2.23. The predicted molar refractivity (Wildman–Crippen MR) is 67.6 cm³/mol. The van der Waals surface area contributed by atoms with Gasteiger partial charge < -0.3 is 15.0 Å². The highest BCUT2D eigenvalue weighted by atomic mass is 16.5. The van der Waals surface area contributed by atoms with Gasteiger partial charge in [-0.05, 0) is 25.1 Å². The smallest absolute Gasteiger partial charge is 0.157 e. The maximum Gasteiger partial charge on any atom is 0.157 e. The van der Waals surface area contributed by atoms with Crippen molar-refractivity contribution >= 4 is 17.8 Å². The van der Waals surface area contributed by atoms with Gasteiger partial charge >= 0.3 is 0 Å². The van der Waals surface area contributed by atoms with Gasteiger partial charge in [0.1, 0.15) is 17.1 Å². The van der Waals surface area contributed by atoms with Crippen molar-refractivity contribution in [1.82, 2.24) is 5.16 Å². The van der Waals surface area contributed by atoms with Gasteiger partial charge in [0.25, 0.3) is 0 Å². The number of hydrogen-bond donors (Lipinski definition) is 1. The minimum atomic E-state index is 0.566. The molecule has 0 aliphatic carbocycles. The highest BCUT2D eigenvalue weighted by molar-refractivity contribution is 5.75. The molecule has 0 amide bonds. The highest BCUT2D eigenvalue weighted by Crippen LogP contribution is 2.22. The molecule has 1 aromatic carbocycles. The molecule has 0 radical (unpaired) electrons. The van der Waals surface area contributed by atoms with Gasteiger partial charge in [0.15, 0.2) is 5.76 Å². The van der Waals surface area contributed by atoms with Crippen molar-refractivity contribution in [2.45, 2.75) is 6.92 Å². The third-order valence-corrected chi connectivity index (χ3v) is 2.50. The average molecular weight is 230 g/mol. The molecule has 1 aromatic heterocycles.